The van der Waals surface area contributed by atoms with Crippen LogP contribution in [0.5, 0.6) is 5.75 Å². The molecule has 1 fully saturated rings. The van der Waals surface area contributed by atoms with Crippen LogP contribution in [0.3, 0.4) is 0 Å². The molecule has 2 aliphatic rings. The number of benzene rings is 2. The van der Waals surface area contributed by atoms with Crippen molar-refractivity contribution < 1.29 is 17.9 Å². The number of carbonyl (C=O) groups is 1. The van der Waals surface area contributed by atoms with Crippen molar-refractivity contribution >= 4 is 27.5 Å². The van der Waals surface area contributed by atoms with Gasteiger partial charge in [0.25, 0.3) is 5.91 Å². The molecule has 0 radical (unpaired) electrons. The van der Waals surface area contributed by atoms with Gasteiger partial charge in [-0.15, -0.1) is 0 Å². The summed E-state index contributed by atoms with van der Waals surface area (Å²) in [5.74, 6) is 0.160. The van der Waals surface area contributed by atoms with Crippen molar-refractivity contribution in [1.29, 1.82) is 0 Å². The lowest BCUT2D eigenvalue weighted by atomic mass is 9.95. The first-order valence-corrected chi connectivity index (χ1v) is 13.0. The van der Waals surface area contributed by atoms with E-state index in [2.05, 4.69) is 5.32 Å². The summed E-state index contributed by atoms with van der Waals surface area (Å²) in [4.78, 5) is 12.3. The number of halogens is 1. The Bertz CT molecular complexity index is 1100. The van der Waals surface area contributed by atoms with Crippen molar-refractivity contribution in [3.05, 3.63) is 58.1 Å². The van der Waals surface area contributed by atoms with Gasteiger partial charge >= 0.3 is 0 Å². The van der Waals surface area contributed by atoms with Crippen molar-refractivity contribution in [1.82, 2.24) is 9.62 Å². The molecule has 0 unspecified atom stereocenters. The monoisotopic (exact) mass is 476 g/mol. The van der Waals surface area contributed by atoms with Gasteiger partial charge in [-0.1, -0.05) is 55.1 Å². The van der Waals surface area contributed by atoms with Gasteiger partial charge in [-0.25, -0.2) is 8.42 Å². The molecule has 172 valence electrons. The highest BCUT2D eigenvalue weighted by atomic mass is 35.5. The summed E-state index contributed by atoms with van der Waals surface area (Å²) in [5, 5.41) is 3.16. The van der Waals surface area contributed by atoms with E-state index in [1.54, 1.807) is 13.0 Å². The third kappa shape index (κ3) is 5.11. The SMILES string of the molecule is Cc1cc(Cl)c(S(=O)(=O)N2CCc3ccccc3C2)cc1OCC(=O)NC1CCCCC1. The van der Waals surface area contributed by atoms with Crippen LogP contribution < -0.4 is 10.1 Å². The highest BCUT2D eigenvalue weighted by Gasteiger charge is 2.31. The molecule has 4 rings (SSSR count). The molecule has 0 saturated heterocycles. The number of rotatable bonds is 6. The third-order valence-corrected chi connectivity index (χ3v) is 8.58. The zero-order valence-electron chi connectivity index (χ0n) is 18.3. The molecule has 0 aromatic heterocycles. The average Bonchev–Trinajstić information content (AvgIpc) is 2.78. The van der Waals surface area contributed by atoms with Crippen LogP contribution in [0, 0.1) is 6.92 Å². The number of hydrogen-bond acceptors (Lipinski definition) is 4. The largest absolute Gasteiger partial charge is 0.483 e. The second-order valence-corrected chi connectivity index (χ2v) is 10.9. The Labute approximate surface area is 195 Å². The molecule has 1 amide bonds. The van der Waals surface area contributed by atoms with Gasteiger partial charge in [0.15, 0.2) is 6.61 Å². The summed E-state index contributed by atoms with van der Waals surface area (Å²) in [6, 6.07) is 11.1. The number of nitrogens with zero attached hydrogens (tertiary/aromatic N) is 1. The Morgan fingerprint density at radius 2 is 1.88 bits per heavy atom. The maximum Gasteiger partial charge on any atom is 0.258 e. The fraction of sp³-hybridized carbons (Fsp3) is 0.458. The molecular formula is C24H29ClN2O4S. The number of hydrogen-bond donors (Lipinski definition) is 1. The molecule has 8 heteroatoms. The summed E-state index contributed by atoms with van der Waals surface area (Å²) in [7, 11) is -3.82. The minimum absolute atomic E-state index is 0.00633. The maximum absolute atomic E-state index is 13.4. The lowest BCUT2D eigenvalue weighted by Gasteiger charge is -2.28. The van der Waals surface area contributed by atoms with Gasteiger partial charge in [0.05, 0.1) is 5.02 Å². The Morgan fingerprint density at radius 3 is 2.62 bits per heavy atom. The lowest BCUT2D eigenvalue weighted by Crippen LogP contribution is -2.39. The van der Waals surface area contributed by atoms with Crippen LogP contribution in [-0.4, -0.2) is 37.8 Å². The van der Waals surface area contributed by atoms with E-state index in [1.807, 2.05) is 24.3 Å². The Balaban J connectivity index is 1.48. The molecule has 2 aromatic rings. The number of carbonyl (C=O) groups excluding carboxylic acids is 1. The molecule has 1 N–H and O–H groups in total. The second kappa shape index (κ2) is 9.81. The van der Waals surface area contributed by atoms with E-state index in [0.29, 0.717) is 30.8 Å². The highest BCUT2D eigenvalue weighted by molar-refractivity contribution is 7.89. The highest BCUT2D eigenvalue weighted by Crippen LogP contribution is 2.33. The molecule has 0 atom stereocenters. The van der Waals surface area contributed by atoms with Gasteiger partial charge in [0, 0.05) is 25.2 Å². The standard InChI is InChI=1S/C24H29ClN2O4S/c1-17-13-21(25)23(14-22(17)31-16-24(28)26-20-9-3-2-4-10-20)32(29,30)27-12-11-18-7-5-6-8-19(18)15-27/h5-8,13-14,20H,2-4,9-12,15-16H2,1H3,(H,26,28). The van der Waals surface area contributed by atoms with E-state index in [9.17, 15) is 13.2 Å². The zero-order valence-corrected chi connectivity index (χ0v) is 19.8. The van der Waals surface area contributed by atoms with Crippen LogP contribution in [-0.2, 0) is 27.8 Å². The first-order chi connectivity index (χ1) is 15.3. The molecule has 1 aliphatic carbocycles. The topological polar surface area (TPSA) is 75.7 Å². The summed E-state index contributed by atoms with van der Waals surface area (Å²) in [5.41, 5.74) is 2.85. The Hall–Kier alpha value is -2.09. The number of amides is 1. The van der Waals surface area contributed by atoms with Gasteiger partial charge in [-0.05, 0) is 48.9 Å². The minimum atomic E-state index is -3.82. The molecule has 1 heterocycles. The molecule has 0 bridgehead atoms. The normalized spacial score (nSPS) is 17.6. The summed E-state index contributed by atoms with van der Waals surface area (Å²) in [6.45, 7) is 2.33. The van der Waals surface area contributed by atoms with Gasteiger partial charge < -0.3 is 10.1 Å². The van der Waals surface area contributed by atoms with Crippen molar-refractivity contribution in [3.63, 3.8) is 0 Å². The quantitative estimate of drug-likeness (QED) is 0.677. The molecule has 2 aromatic carbocycles. The van der Waals surface area contributed by atoms with Crippen LogP contribution in [0.1, 0.15) is 48.8 Å². The predicted molar refractivity (Wildman–Crippen MR) is 124 cm³/mol. The van der Waals surface area contributed by atoms with Crippen LogP contribution in [0.15, 0.2) is 41.3 Å². The average molecular weight is 477 g/mol. The van der Waals surface area contributed by atoms with Crippen LogP contribution in [0.4, 0.5) is 0 Å². The molecular weight excluding hydrogens is 448 g/mol. The van der Waals surface area contributed by atoms with Crippen molar-refractivity contribution in [2.75, 3.05) is 13.2 Å². The minimum Gasteiger partial charge on any atom is -0.483 e. The van der Waals surface area contributed by atoms with Gasteiger partial charge in [0.1, 0.15) is 10.6 Å². The van der Waals surface area contributed by atoms with E-state index in [-0.39, 0.29) is 28.5 Å². The summed E-state index contributed by atoms with van der Waals surface area (Å²) < 4.78 is 33.9. The number of fused-ring (bicyclic) bond motifs is 1. The fourth-order valence-electron chi connectivity index (χ4n) is 4.46. The van der Waals surface area contributed by atoms with E-state index in [0.717, 1.165) is 31.2 Å². The fourth-order valence-corrected chi connectivity index (χ4v) is 6.45. The van der Waals surface area contributed by atoms with E-state index >= 15 is 0 Å². The number of sulfonamides is 1. The molecule has 1 aliphatic heterocycles. The molecule has 0 spiro atoms. The van der Waals surface area contributed by atoms with Crippen LogP contribution >= 0.6 is 11.6 Å². The van der Waals surface area contributed by atoms with Crippen molar-refractivity contribution in [3.8, 4) is 5.75 Å². The van der Waals surface area contributed by atoms with Crippen LogP contribution in [0.2, 0.25) is 5.02 Å². The van der Waals surface area contributed by atoms with Gasteiger partial charge in [0.2, 0.25) is 10.0 Å². The smallest absolute Gasteiger partial charge is 0.258 e. The first-order valence-electron chi connectivity index (χ1n) is 11.1. The molecule has 32 heavy (non-hydrogen) atoms. The number of ether oxygens (including phenoxy) is 1. The first kappa shape index (κ1) is 23.1. The summed E-state index contributed by atoms with van der Waals surface area (Å²) >= 11 is 6.36. The maximum atomic E-state index is 13.4. The van der Waals surface area contributed by atoms with E-state index < -0.39 is 10.0 Å². The van der Waals surface area contributed by atoms with Gasteiger partial charge in [-0.3, -0.25) is 4.79 Å². The van der Waals surface area contributed by atoms with E-state index in [4.69, 9.17) is 16.3 Å². The van der Waals surface area contributed by atoms with E-state index in [1.165, 1.54) is 22.4 Å². The number of nitrogens with one attached hydrogen (secondary N) is 1. The van der Waals surface area contributed by atoms with Crippen molar-refractivity contribution in [2.45, 2.75) is 62.9 Å². The molecule has 1 saturated carbocycles. The Morgan fingerprint density at radius 1 is 1.16 bits per heavy atom. The lowest BCUT2D eigenvalue weighted by molar-refractivity contribution is -0.124. The van der Waals surface area contributed by atoms with Gasteiger partial charge in [-0.2, -0.15) is 4.31 Å². The third-order valence-electron chi connectivity index (χ3n) is 6.27. The number of aryl methyl sites for hydroxylation is 1. The zero-order chi connectivity index (χ0) is 22.7. The van der Waals surface area contributed by atoms with Crippen molar-refractivity contribution in [2.24, 2.45) is 0 Å². The second-order valence-electron chi connectivity index (χ2n) is 8.60. The predicted octanol–water partition coefficient (Wildman–Crippen LogP) is 4.22. The Kier molecular flexibility index (Phi) is 7.08. The molecule has 6 nitrogen and oxygen atoms in total. The summed E-state index contributed by atoms with van der Waals surface area (Å²) in [6.07, 6.45) is 6.12. The van der Waals surface area contributed by atoms with Crippen LogP contribution in [0.25, 0.3) is 0 Å².